The van der Waals surface area contributed by atoms with Crippen LogP contribution in [0.4, 0.5) is 0 Å². The lowest BCUT2D eigenvalue weighted by Crippen LogP contribution is -2.41. The Balaban J connectivity index is 2.15. The van der Waals surface area contributed by atoms with Crippen molar-refractivity contribution in [2.24, 2.45) is 0 Å². The zero-order valence-electron chi connectivity index (χ0n) is 9.32. The monoisotopic (exact) mass is 220 g/mol. The minimum absolute atomic E-state index is 0.131. The quantitative estimate of drug-likeness (QED) is 0.745. The van der Waals surface area contributed by atoms with Gasteiger partial charge in [-0.1, -0.05) is 24.3 Å². The van der Waals surface area contributed by atoms with Gasteiger partial charge in [0.2, 0.25) is 0 Å². The van der Waals surface area contributed by atoms with Crippen molar-refractivity contribution >= 4 is 5.91 Å². The fourth-order valence-electron chi connectivity index (χ4n) is 1.94. The number of fused-ring (bicyclic) bond motifs is 1. The van der Waals surface area contributed by atoms with Crippen molar-refractivity contribution in [2.45, 2.75) is 19.4 Å². The Bertz CT molecular complexity index is 379. The molecule has 0 spiro atoms. The molecule has 1 aliphatic heterocycles. The van der Waals surface area contributed by atoms with Crippen LogP contribution in [0.15, 0.2) is 24.3 Å². The molecule has 1 aromatic carbocycles. The smallest absolute Gasteiger partial charge is 0.265 e. The average Bonchev–Trinajstić information content (AvgIpc) is 2.35. The molecule has 2 N–H and O–H groups in total. The standard InChI is InChI=1S/C12H16N2O2/c1-2-16-14-12(15)11-10-6-4-3-5-9(10)7-8-13-11/h3-6,11,13H,2,7-8H2,1H3,(H,14,15). The Labute approximate surface area is 94.9 Å². The second kappa shape index (κ2) is 5.09. The molecule has 1 amide bonds. The van der Waals surface area contributed by atoms with Crippen molar-refractivity contribution in [2.75, 3.05) is 13.2 Å². The van der Waals surface area contributed by atoms with Gasteiger partial charge in [-0.15, -0.1) is 0 Å². The molecule has 1 aliphatic rings. The Morgan fingerprint density at radius 3 is 3.19 bits per heavy atom. The van der Waals surface area contributed by atoms with Gasteiger partial charge in [0.25, 0.3) is 5.91 Å². The second-order valence-electron chi connectivity index (χ2n) is 3.74. The Morgan fingerprint density at radius 2 is 2.38 bits per heavy atom. The van der Waals surface area contributed by atoms with Crippen LogP contribution in [0.1, 0.15) is 24.1 Å². The number of carbonyl (C=O) groups excluding carboxylic acids is 1. The highest BCUT2D eigenvalue weighted by Gasteiger charge is 2.25. The second-order valence-corrected chi connectivity index (χ2v) is 3.74. The van der Waals surface area contributed by atoms with Crippen LogP contribution in [-0.2, 0) is 16.1 Å². The van der Waals surface area contributed by atoms with Gasteiger partial charge in [0.15, 0.2) is 0 Å². The third-order valence-electron chi connectivity index (χ3n) is 2.69. The maximum absolute atomic E-state index is 11.8. The predicted molar refractivity (Wildman–Crippen MR) is 60.7 cm³/mol. The lowest BCUT2D eigenvalue weighted by molar-refractivity contribution is -0.135. The highest BCUT2D eigenvalue weighted by Crippen LogP contribution is 2.22. The number of benzene rings is 1. The van der Waals surface area contributed by atoms with Crippen LogP contribution in [-0.4, -0.2) is 19.1 Å². The molecule has 0 aromatic heterocycles. The molecule has 1 atom stereocenters. The zero-order chi connectivity index (χ0) is 11.4. The SMILES string of the molecule is CCONC(=O)C1NCCc2ccccc21. The summed E-state index contributed by atoms with van der Waals surface area (Å²) >= 11 is 0. The summed E-state index contributed by atoms with van der Waals surface area (Å²) in [6.07, 6.45) is 0.967. The van der Waals surface area contributed by atoms with Gasteiger partial charge >= 0.3 is 0 Å². The Hall–Kier alpha value is -1.39. The van der Waals surface area contributed by atoms with E-state index in [9.17, 15) is 4.79 Å². The molecule has 0 bridgehead atoms. The molecule has 1 unspecified atom stereocenters. The molecular formula is C12H16N2O2. The average molecular weight is 220 g/mol. The van der Waals surface area contributed by atoms with Gasteiger partial charge in [0, 0.05) is 6.54 Å². The highest BCUT2D eigenvalue weighted by atomic mass is 16.6. The van der Waals surface area contributed by atoms with Crippen molar-refractivity contribution < 1.29 is 9.63 Å². The van der Waals surface area contributed by atoms with Crippen molar-refractivity contribution in [1.29, 1.82) is 0 Å². The molecule has 86 valence electrons. The molecule has 1 aromatic rings. The molecular weight excluding hydrogens is 204 g/mol. The van der Waals surface area contributed by atoms with E-state index in [1.54, 1.807) is 0 Å². The van der Waals surface area contributed by atoms with Crippen LogP contribution in [0.25, 0.3) is 0 Å². The number of rotatable bonds is 3. The summed E-state index contributed by atoms with van der Waals surface area (Å²) in [6, 6.07) is 7.71. The van der Waals surface area contributed by atoms with Gasteiger partial charge in [0.05, 0.1) is 6.61 Å². The third kappa shape index (κ3) is 2.23. The van der Waals surface area contributed by atoms with E-state index in [1.165, 1.54) is 5.56 Å². The van der Waals surface area contributed by atoms with Crippen molar-refractivity contribution in [3.8, 4) is 0 Å². The first kappa shape index (κ1) is 11.1. The maximum Gasteiger partial charge on any atom is 0.265 e. The normalized spacial score (nSPS) is 18.9. The van der Waals surface area contributed by atoms with Gasteiger partial charge < -0.3 is 5.32 Å². The van der Waals surface area contributed by atoms with E-state index >= 15 is 0 Å². The van der Waals surface area contributed by atoms with Gasteiger partial charge in [-0.2, -0.15) is 0 Å². The minimum atomic E-state index is -0.295. The number of carbonyl (C=O) groups is 1. The molecule has 1 heterocycles. The number of hydrogen-bond acceptors (Lipinski definition) is 3. The third-order valence-corrected chi connectivity index (χ3v) is 2.69. The largest absolute Gasteiger partial charge is 0.302 e. The molecule has 0 saturated heterocycles. The first-order valence-corrected chi connectivity index (χ1v) is 5.55. The van der Waals surface area contributed by atoms with Crippen molar-refractivity contribution in [3.63, 3.8) is 0 Å². The summed E-state index contributed by atoms with van der Waals surface area (Å²) in [6.45, 7) is 3.13. The summed E-state index contributed by atoms with van der Waals surface area (Å²) in [4.78, 5) is 16.7. The topological polar surface area (TPSA) is 50.4 Å². The Kier molecular flexibility index (Phi) is 3.54. The maximum atomic E-state index is 11.8. The van der Waals surface area contributed by atoms with E-state index in [4.69, 9.17) is 4.84 Å². The van der Waals surface area contributed by atoms with E-state index < -0.39 is 0 Å². The molecule has 16 heavy (non-hydrogen) atoms. The molecule has 4 nitrogen and oxygen atoms in total. The fourth-order valence-corrected chi connectivity index (χ4v) is 1.94. The van der Waals surface area contributed by atoms with E-state index in [2.05, 4.69) is 16.9 Å². The summed E-state index contributed by atoms with van der Waals surface area (Å²) in [7, 11) is 0. The van der Waals surface area contributed by atoms with Crippen LogP contribution in [0.2, 0.25) is 0 Å². The van der Waals surface area contributed by atoms with Crippen molar-refractivity contribution in [1.82, 2.24) is 10.8 Å². The van der Waals surface area contributed by atoms with Gasteiger partial charge in [0.1, 0.15) is 6.04 Å². The molecule has 0 saturated carbocycles. The van der Waals surface area contributed by atoms with Crippen LogP contribution < -0.4 is 10.8 Å². The first-order valence-electron chi connectivity index (χ1n) is 5.55. The number of nitrogens with one attached hydrogen (secondary N) is 2. The number of amides is 1. The van der Waals surface area contributed by atoms with Gasteiger partial charge in [-0.3, -0.25) is 9.63 Å². The van der Waals surface area contributed by atoms with Crippen LogP contribution in [0.5, 0.6) is 0 Å². The summed E-state index contributed by atoms with van der Waals surface area (Å²) in [5.74, 6) is -0.131. The number of hydroxylamine groups is 1. The van der Waals surface area contributed by atoms with Crippen LogP contribution in [0, 0.1) is 0 Å². The van der Waals surface area contributed by atoms with Crippen molar-refractivity contribution in [3.05, 3.63) is 35.4 Å². The van der Waals surface area contributed by atoms with E-state index in [-0.39, 0.29) is 11.9 Å². The highest BCUT2D eigenvalue weighted by molar-refractivity contribution is 5.83. The summed E-state index contributed by atoms with van der Waals surface area (Å²) in [5.41, 5.74) is 4.72. The van der Waals surface area contributed by atoms with Gasteiger partial charge in [-0.05, 0) is 24.5 Å². The van der Waals surface area contributed by atoms with E-state index in [0.29, 0.717) is 6.61 Å². The predicted octanol–water partition coefficient (Wildman–Crippen LogP) is 0.941. The first-order chi connectivity index (χ1) is 7.83. The summed E-state index contributed by atoms with van der Waals surface area (Å²) < 4.78 is 0. The van der Waals surface area contributed by atoms with Gasteiger partial charge in [-0.25, -0.2) is 5.48 Å². The molecule has 4 heteroatoms. The Morgan fingerprint density at radius 1 is 1.56 bits per heavy atom. The molecule has 0 radical (unpaired) electrons. The minimum Gasteiger partial charge on any atom is -0.302 e. The van der Waals surface area contributed by atoms with E-state index in [1.807, 2.05) is 25.1 Å². The van der Waals surface area contributed by atoms with Crippen LogP contribution >= 0.6 is 0 Å². The fraction of sp³-hybridized carbons (Fsp3) is 0.417. The van der Waals surface area contributed by atoms with Crippen LogP contribution in [0.3, 0.4) is 0 Å². The molecule has 0 fully saturated rings. The molecule has 0 aliphatic carbocycles. The lowest BCUT2D eigenvalue weighted by atomic mass is 9.94. The number of hydrogen-bond donors (Lipinski definition) is 2. The lowest BCUT2D eigenvalue weighted by Gasteiger charge is -2.25. The van der Waals surface area contributed by atoms with E-state index in [0.717, 1.165) is 18.5 Å². The zero-order valence-corrected chi connectivity index (χ0v) is 9.32. The molecule has 2 rings (SSSR count). The summed E-state index contributed by atoms with van der Waals surface area (Å²) in [5, 5.41) is 3.19.